The standard InChI is InChI=1S/C26H21F4N3O4S/c1-4-17-12-16(13-21(27)25(17)33-38(3,35)36)15-31-23(34)11-9-18-8-10-22(26(28,29)30)32-24(18)19-6-5-7-20(14-19)37-2/h1,5-14,33H,15H2,2-3H3,(H,31,34)/b11-9+. The van der Waals surface area contributed by atoms with E-state index in [0.717, 1.165) is 24.5 Å². The number of carbonyl (C=O) groups excluding carboxylic acids is 1. The third-order valence-electron chi connectivity index (χ3n) is 5.03. The van der Waals surface area contributed by atoms with Crippen molar-refractivity contribution in [2.45, 2.75) is 12.7 Å². The van der Waals surface area contributed by atoms with Crippen LogP contribution in [0, 0.1) is 18.2 Å². The number of methoxy groups -OCH3 is 1. The van der Waals surface area contributed by atoms with E-state index >= 15 is 0 Å². The molecular weight excluding hydrogens is 526 g/mol. The number of terminal acetylenes is 1. The number of pyridine rings is 1. The number of hydrogen-bond donors (Lipinski definition) is 2. The minimum Gasteiger partial charge on any atom is -0.497 e. The van der Waals surface area contributed by atoms with Crippen molar-refractivity contribution in [3.63, 3.8) is 0 Å². The van der Waals surface area contributed by atoms with E-state index < -0.39 is 33.6 Å². The third-order valence-corrected chi connectivity index (χ3v) is 5.61. The van der Waals surface area contributed by atoms with Crippen LogP contribution in [0.15, 0.2) is 54.6 Å². The molecular formula is C26H21F4N3O4S. The zero-order chi connectivity index (χ0) is 28.1. The molecule has 1 heterocycles. The zero-order valence-electron chi connectivity index (χ0n) is 20.1. The number of aromatic nitrogens is 1. The molecule has 3 aromatic rings. The molecule has 7 nitrogen and oxygen atoms in total. The second kappa shape index (κ2) is 11.4. The van der Waals surface area contributed by atoms with E-state index in [0.29, 0.717) is 11.3 Å². The van der Waals surface area contributed by atoms with Gasteiger partial charge in [0.05, 0.1) is 30.3 Å². The molecule has 0 unspecified atom stereocenters. The quantitative estimate of drug-likeness (QED) is 0.244. The number of anilines is 1. The first kappa shape index (κ1) is 28.2. The zero-order valence-corrected chi connectivity index (χ0v) is 20.9. The summed E-state index contributed by atoms with van der Waals surface area (Å²) in [7, 11) is -2.37. The minimum absolute atomic E-state index is 0.0162. The Morgan fingerprint density at radius 3 is 2.55 bits per heavy atom. The second-order valence-corrected chi connectivity index (χ2v) is 9.68. The third kappa shape index (κ3) is 7.33. The van der Waals surface area contributed by atoms with E-state index in [9.17, 15) is 30.8 Å². The topological polar surface area (TPSA) is 97.4 Å². The second-order valence-electron chi connectivity index (χ2n) is 7.93. The molecule has 1 amide bonds. The number of sulfonamides is 1. The summed E-state index contributed by atoms with van der Waals surface area (Å²) in [5.41, 5.74) is -0.730. The van der Waals surface area contributed by atoms with Gasteiger partial charge >= 0.3 is 6.18 Å². The molecule has 0 aliphatic rings. The number of hydrogen-bond acceptors (Lipinski definition) is 5. The van der Waals surface area contributed by atoms with Gasteiger partial charge in [-0.05, 0) is 42.0 Å². The molecule has 0 atom stereocenters. The number of ether oxygens (including phenoxy) is 1. The highest BCUT2D eigenvalue weighted by Gasteiger charge is 2.33. The van der Waals surface area contributed by atoms with Crippen molar-refractivity contribution >= 4 is 27.7 Å². The molecule has 38 heavy (non-hydrogen) atoms. The van der Waals surface area contributed by atoms with Crippen LogP contribution < -0.4 is 14.8 Å². The summed E-state index contributed by atoms with van der Waals surface area (Å²) < 4.78 is 84.3. The first-order valence-corrected chi connectivity index (χ1v) is 12.6. The van der Waals surface area contributed by atoms with Crippen LogP contribution in [0.4, 0.5) is 23.2 Å². The van der Waals surface area contributed by atoms with E-state index in [1.165, 1.54) is 31.4 Å². The molecule has 1 aromatic heterocycles. The van der Waals surface area contributed by atoms with Crippen LogP contribution in [0.25, 0.3) is 17.3 Å². The maximum atomic E-state index is 14.5. The number of nitrogens with one attached hydrogen (secondary N) is 2. The van der Waals surface area contributed by atoms with Crippen molar-refractivity contribution in [3.8, 4) is 29.4 Å². The Morgan fingerprint density at radius 2 is 1.92 bits per heavy atom. The summed E-state index contributed by atoms with van der Waals surface area (Å²) in [6.45, 7) is -0.165. The summed E-state index contributed by atoms with van der Waals surface area (Å²) >= 11 is 0. The van der Waals surface area contributed by atoms with E-state index in [-0.39, 0.29) is 34.6 Å². The average molecular weight is 548 g/mol. The number of rotatable bonds is 8. The fraction of sp³-hybridized carbons (Fsp3) is 0.154. The number of halogens is 4. The fourth-order valence-corrected chi connectivity index (χ4v) is 3.92. The van der Waals surface area contributed by atoms with Gasteiger partial charge in [0, 0.05) is 23.7 Å². The number of alkyl halides is 3. The van der Waals surface area contributed by atoms with Gasteiger partial charge in [-0.2, -0.15) is 13.2 Å². The summed E-state index contributed by atoms with van der Waals surface area (Å²) in [4.78, 5) is 16.2. The van der Waals surface area contributed by atoms with Gasteiger partial charge in [0.2, 0.25) is 15.9 Å². The lowest BCUT2D eigenvalue weighted by Crippen LogP contribution is -2.21. The molecule has 0 radical (unpaired) electrons. The maximum absolute atomic E-state index is 14.5. The molecule has 0 fully saturated rings. The number of carbonyl (C=O) groups is 1. The Kier molecular flexibility index (Phi) is 8.42. The van der Waals surface area contributed by atoms with Crippen LogP contribution in [0.1, 0.15) is 22.4 Å². The molecule has 198 valence electrons. The Balaban J connectivity index is 1.83. The molecule has 0 aliphatic heterocycles. The SMILES string of the molecule is C#Cc1cc(CNC(=O)/C=C/c2ccc(C(F)(F)F)nc2-c2cccc(OC)c2)cc(F)c1NS(C)(=O)=O. The molecule has 3 rings (SSSR count). The summed E-state index contributed by atoms with van der Waals surface area (Å²) in [6.07, 6.45) is 3.92. The molecule has 2 aromatic carbocycles. The van der Waals surface area contributed by atoms with Gasteiger partial charge in [-0.1, -0.05) is 24.1 Å². The lowest BCUT2D eigenvalue weighted by atomic mass is 10.0. The Hall–Kier alpha value is -4.37. The number of benzene rings is 2. The lowest BCUT2D eigenvalue weighted by molar-refractivity contribution is -0.141. The predicted molar refractivity (Wildman–Crippen MR) is 135 cm³/mol. The molecule has 0 saturated heterocycles. The molecule has 0 spiro atoms. The molecule has 0 saturated carbocycles. The summed E-state index contributed by atoms with van der Waals surface area (Å²) in [5, 5.41) is 2.51. The van der Waals surface area contributed by atoms with Crippen molar-refractivity contribution in [3.05, 3.63) is 82.8 Å². The average Bonchev–Trinajstić information content (AvgIpc) is 2.86. The van der Waals surface area contributed by atoms with Crippen molar-refractivity contribution < 1.29 is 35.5 Å². The smallest absolute Gasteiger partial charge is 0.433 e. The Labute approximate surface area is 216 Å². The molecule has 12 heteroatoms. The number of amides is 1. The van der Waals surface area contributed by atoms with Gasteiger partial charge < -0.3 is 10.1 Å². The van der Waals surface area contributed by atoms with Crippen molar-refractivity contribution in [2.75, 3.05) is 18.1 Å². The summed E-state index contributed by atoms with van der Waals surface area (Å²) in [6, 6.07) is 10.6. The highest BCUT2D eigenvalue weighted by atomic mass is 32.2. The van der Waals surface area contributed by atoms with Crippen molar-refractivity contribution in [2.24, 2.45) is 0 Å². The predicted octanol–water partition coefficient (Wildman–Crippen LogP) is 4.60. The first-order chi connectivity index (χ1) is 17.8. The van der Waals surface area contributed by atoms with Crippen molar-refractivity contribution in [1.29, 1.82) is 0 Å². The normalized spacial score (nSPS) is 11.7. The summed E-state index contributed by atoms with van der Waals surface area (Å²) in [5.74, 6) is 1.03. The first-order valence-electron chi connectivity index (χ1n) is 10.8. The van der Waals surface area contributed by atoms with Gasteiger partial charge in [-0.3, -0.25) is 9.52 Å². The van der Waals surface area contributed by atoms with Crippen molar-refractivity contribution in [1.82, 2.24) is 10.3 Å². The van der Waals surface area contributed by atoms with Gasteiger partial charge in [0.15, 0.2) is 0 Å². The van der Waals surface area contributed by atoms with Crippen LogP contribution in [0.3, 0.4) is 0 Å². The highest BCUT2D eigenvalue weighted by molar-refractivity contribution is 7.92. The highest BCUT2D eigenvalue weighted by Crippen LogP contribution is 2.32. The van der Waals surface area contributed by atoms with Gasteiger partial charge in [-0.25, -0.2) is 17.8 Å². The van der Waals surface area contributed by atoms with Gasteiger partial charge in [0.25, 0.3) is 0 Å². The monoisotopic (exact) mass is 547 g/mol. The Bertz CT molecular complexity index is 1550. The van der Waals surface area contributed by atoms with E-state index in [2.05, 4.69) is 16.2 Å². The van der Waals surface area contributed by atoms with Crippen LogP contribution in [0.5, 0.6) is 5.75 Å². The van der Waals surface area contributed by atoms with Crippen LogP contribution in [-0.4, -0.2) is 32.7 Å². The van der Waals surface area contributed by atoms with Crippen LogP contribution in [-0.2, 0) is 27.5 Å². The molecule has 0 bridgehead atoms. The molecule has 0 aliphatic carbocycles. The van der Waals surface area contributed by atoms with E-state index in [1.807, 2.05) is 4.72 Å². The Morgan fingerprint density at radius 1 is 1.18 bits per heavy atom. The van der Waals surface area contributed by atoms with Gasteiger partial charge in [0.1, 0.15) is 17.3 Å². The number of nitrogens with zero attached hydrogens (tertiary/aromatic N) is 1. The fourth-order valence-electron chi connectivity index (χ4n) is 3.35. The lowest BCUT2D eigenvalue weighted by Gasteiger charge is -2.12. The largest absolute Gasteiger partial charge is 0.497 e. The van der Waals surface area contributed by atoms with E-state index in [4.69, 9.17) is 11.2 Å². The minimum atomic E-state index is -4.67. The maximum Gasteiger partial charge on any atom is 0.433 e. The van der Waals surface area contributed by atoms with E-state index in [1.54, 1.807) is 18.2 Å². The van der Waals surface area contributed by atoms with Gasteiger partial charge in [-0.15, -0.1) is 6.42 Å². The molecule has 2 N–H and O–H groups in total. The van der Waals surface area contributed by atoms with Crippen LogP contribution >= 0.6 is 0 Å². The van der Waals surface area contributed by atoms with Crippen LogP contribution in [0.2, 0.25) is 0 Å².